The Morgan fingerprint density at radius 3 is 2.75 bits per heavy atom. The highest BCUT2D eigenvalue weighted by Gasteiger charge is 2.34. The summed E-state index contributed by atoms with van der Waals surface area (Å²) in [6.45, 7) is 7.07. The second kappa shape index (κ2) is 8.10. The molecule has 0 spiro atoms. The van der Waals surface area contributed by atoms with E-state index in [-0.39, 0.29) is 24.1 Å². The summed E-state index contributed by atoms with van der Waals surface area (Å²) in [7, 11) is 0. The number of aromatic nitrogens is 1. The number of hydrogen-bond donors (Lipinski definition) is 1. The van der Waals surface area contributed by atoms with Crippen LogP contribution in [0.25, 0.3) is 10.6 Å². The molecule has 2 atom stereocenters. The summed E-state index contributed by atoms with van der Waals surface area (Å²) in [4.78, 5) is 41.9. The average Bonchev–Trinajstić information content (AvgIpc) is 3.09. The van der Waals surface area contributed by atoms with Crippen LogP contribution in [-0.4, -0.2) is 35.4 Å². The predicted octanol–water partition coefficient (Wildman–Crippen LogP) is 3.94. The Bertz CT molecular complexity index is 909. The molecule has 148 valence electrons. The Morgan fingerprint density at radius 2 is 2.14 bits per heavy atom. The normalized spacial score (nSPS) is 18.5. The lowest BCUT2D eigenvalue weighted by Crippen LogP contribution is -2.45. The van der Waals surface area contributed by atoms with Crippen molar-refractivity contribution >= 4 is 35.3 Å². The van der Waals surface area contributed by atoms with Crippen LogP contribution in [0, 0.1) is 0 Å². The van der Waals surface area contributed by atoms with Gasteiger partial charge in [0.25, 0.3) is 0 Å². The van der Waals surface area contributed by atoms with E-state index in [1.165, 1.54) is 24.5 Å². The third-order valence-electron chi connectivity index (χ3n) is 4.54. The Kier molecular flexibility index (Phi) is 5.79. The van der Waals surface area contributed by atoms with Gasteiger partial charge in [0.15, 0.2) is 6.29 Å². The van der Waals surface area contributed by atoms with Crippen molar-refractivity contribution in [2.24, 2.45) is 0 Å². The van der Waals surface area contributed by atoms with Gasteiger partial charge in [0, 0.05) is 30.4 Å². The van der Waals surface area contributed by atoms with E-state index in [9.17, 15) is 14.4 Å². The van der Waals surface area contributed by atoms with E-state index in [2.05, 4.69) is 10.3 Å². The van der Waals surface area contributed by atoms with Gasteiger partial charge >= 0.3 is 6.09 Å². The summed E-state index contributed by atoms with van der Waals surface area (Å²) < 4.78 is 5.23. The number of alkyl carbamates (subject to hydrolysis) is 1. The molecule has 0 saturated carbocycles. The molecule has 0 radical (unpaired) electrons. The van der Waals surface area contributed by atoms with Crippen LogP contribution in [0.3, 0.4) is 0 Å². The van der Waals surface area contributed by atoms with Crippen LogP contribution in [0.5, 0.6) is 0 Å². The topological polar surface area (TPSA) is 88.6 Å². The van der Waals surface area contributed by atoms with Gasteiger partial charge in [-0.25, -0.2) is 9.78 Å². The van der Waals surface area contributed by atoms with Crippen molar-refractivity contribution in [3.8, 4) is 10.6 Å². The molecule has 1 N–H and O–H groups in total. The second-order valence-electron chi connectivity index (χ2n) is 7.08. The first kappa shape index (κ1) is 20.0. The Balaban J connectivity index is 2.01. The number of nitrogens with zero attached hydrogens (tertiary/aromatic N) is 2. The Morgan fingerprint density at radius 1 is 1.39 bits per heavy atom. The summed E-state index contributed by atoms with van der Waals surface area (Å²) in [6, 6.07) is 5.31. The maximum absolute atomic E-state index is 12.2. The number of benzene rings is 1. The summed E-state index contributed by atoms with van der Waals surface area (Å²) in [5.74, 6) is -0.0535. The minimum atomic E-state index is -0.489. The van der Waals surface area contributed by atoms with Crippen molar-refractivity contribution in [3.63, 3.8) is 0 Å². The van der Waals surface area contributed by atoms with Crippen molar-refractivity contribution in [1.82, 2.24) is 10.3 Å². The van der Waals surface area contributed by atoms with Gasteiger partial charge in [0.2, 0.25) is 5.91 Å². The molecule has 1 aliphatic rings. The predicted molar refractivity (Wildman–Crippen MR) is 108 cm³/mol. The largest absolute Gasteiger partial charge is 0.447 e. The fourth-order valence-electron chi connectivity index (χ4n) is 3.48. The molecule has 28 heavy (non-hydrogen) atoms. The van der Waals surface area contributed by atoms with Gasteiger partial charge in [-0.1, -0.05) is 0 Å². The number of rotatable bonds is 4. The van der Waals surface area contributed by atoms with Gasteiger partial charge in [0.05, 0.1) is 17.0 Å². The number of ether oxygens (including phenoxy) is 1. The smallest absolute Gasteiger partial charge is 0.407 e. The number of anilines is 1. The van der Waals surface area contributed by atoms with Crippen LogP contribution in [0.4, 0.5) is 10.5 Å². The number of amides is 2. The second-order valence-corrected chi connectivity index (χ2v) is 8.15. The molecular weight excluding hydrogens is 378 g/mol. The molecule has 1 aliphatic heterocycles. The molecule has 8 heteroatoms. The SMILES string of the molecule is CC(=O)N1c2ccc(-c3ncc(C=O)s3)cc2C(NC(=O)OC(C)C)CC1C. The van der Waals surface area contributed by atoms with E-state index in [4.69, 9.17) is 4.74 Å². The third-order valence-corrected chi connectivity index (χ3v) is 5.51. The van der Waals surface area contributed by atoms with Gasteiger partial charge in [-0.2, -0.15) is 0 Å². The first-order valence-electron chi connectivity index (χ1n) is 9.12. The van der Waals surface area contributed by atoms with Crippen LogP contribution in [-0.2, 0) is 9.53 Å². The van der Waals surface area contributed by atoms with E-state index in [0.29, 0.717) is 16.3 Å². The van der Waals surface area contributed by atoms with E-state index < -0.39 is 6.09 Å². The van der Waals surface area contributed by atoms with Crippen molar-refractivity contribution < 1.29 is 19.1 Å². The molecule has 3 rings (SSSR count). The highest BCUT2D eigenvalue weighted by molar-refractivity contribution is 7.16. The van der Waals surface area contributed by atoms with Gasteiger partial charge in [-0.3, -0.25) is 9.59 Å². The zero-order valence-electron chi connectivity index (χ0n) is 16.3. The molecule has 0 fully saturated rings. The van der Waals surface area contributed by atoms with Crippen molar-refractivity contribution in [3.05, 3.63) is 34.8 Å². The molecule has 7 nitrogen and oxygen atoms in total. The zero-order chi connectivity index (χ0) is 20.4. The lowest BCUT2D eigenvalue weighted by Gasteiger charge is -2.39. The molecule has 2 heterocycles. The average molecular weight is 401 g/mol. The third kappa shape index (κ3) is 4.06. The molecule has 1 aromatic heterocycles. The van der Waals surface area contributed by atoms with Crippen LogP contribution >= 0.6 is 11.3 Å². The van der Waals surface area contributed by atoms with Crippen LogP contribution in [0.15, 0.2) is 24.4 Å². The maximum Gasteiger partial charge on any atom is 0.407 e. The van der Waals surface area contributed by atoms with E-state index in [1.807, 2.05) is 25.1 Å². The quantitative estimate of drug-likeness (QED) is 0.784. The molecule has 0 bridgehead atoms. The molecule has 1 aromatic carbocycles. The summed E-state index contributed by atoms with van der Waals surface area (Å²) in [5, 5.41) is 3.63. The fraction of sp³-hybridized carbons (Fsp3) is 0.400. The molecular formula is C20H23N3O4S. The summed E-state index contributed by atoms with van der Waals surface area (Å²) in [6.07, 6.45) is 2.16. The number of hydrogen-bond acceptors (Lipinski definition) is 6. The highest BCUT2D eigenvalue weighted by atomic mass is 32.1. The van der Waals surface area contributed by atoms with Crippen LogP contribution in [0.2, 0.25) is 0 Å². The molecule has 0 aliphatic carbocycles. The fourth-order valence-corrected chi connectivity index (χ4v) is 4.21. The summed E-state index contributed by atoms with van der Waals surface area (Å²) in [5.41, 5.74) is 2.42. The highest BCUT2D eigenvalue weighted by Crippen LogP contribution is 2.40. The van der Waals surface area contributed by atoms with Crippen LogP contribution < -0.4 is 10.2 Å². The monoisotopic (exact) mass is 401 g/mol. The summed E-state index contributed by atoms with van der Waals surface area (Å²) >= 11 is 1.30. The number of carbonyl (C=O) groups excluding carboxylic acids is 3. The van der Waals surface area contributed by atoms with Crippen molar-refractivity contribution in [2.75, 3.05) is 4.90 Å². The molecule has 0 saturated heterocycles. The lowest BCUT2D eigenvalue weighted by atomic mass is 9.90. The first-order chi connectivity index (χ1) is 13.3. The van der Waals surface area contributed by atoms with Crippen molar-refractivity contribution in [1.29, 1.82) is 0 Å². The minimum Gasteiger partial charge on any atom is -0.447 e. The van der Waals surface area contributed by atoms with Gasteiger partial charge in [0.1, 0.15) is 5.01 Å². The zero-order valence-corrected chi connectivity index (χ0v) is 17.1. The number of carbonyl (C=O) groups is 3. The van der Waals surface area contributed by atoms with Gasteiger partial charge in [-0.05, 0) is 51.0 Å². The molecule has 2 amide bonds. The van der Waals surface area contributed by atoms with Gasteiger partial charge in [-0.15, -0.1) is 11.3 Å². The molecule has 2 unspecified atom stereocenters. The Labute approximate surface area is 167 Å². The minimum absolute atomic E-state index is 0.0535. The lowest BCUT2D eigenvalue weighted by molar-refractivity contribution is -0.117. The van der Waals surface area contributed by atoms with E-state index in [0.717, 1.165) is 23.1 Å². The standard InChI is InChI=1S/C20H23N3O4S/c1-11(2)27-20(26)22-17-7-12(3)23(13(4)25)18-6-5-14(8-16(17)18)19-21-9-15(10-24)28-19/h5-6,8-12,17H,7H2,1-4H3,(H,22,26). The first-order valence-corrected chi connectivity index (χ1v) is 9.94. The number of aldehydes is 1. The number of fused-ring (bicyclic) bond motifs is 1. The molecule has 2 aromatic rings. The number of nitrogens with one attached hydrogen (secondary N) is 1. The van der Waals surface area contributed by atoms with E-state index in [1.54, 1.807) is 18.7 Å². The Hall–Kier alpha value is -2.74. The van der Waals surface area contributed by atoms with Crippen LogP contribution in [0.1, 0.15) is 55.4 Å². The number of thiazole rings is 1. The van der Waals surface area contributed by atoms with Gasteiger partial charge < -0.3 is 15.0 Å². The van der Waals surface area contributed by atoms with E-state index >= 15 is 0 Å². The van der Waals surface area contributed by atoms with Crippen molar-refractivity contribution in [2.45, 2.75) is 52.3 Å². The maximum atomic E-state index is 12.2.